The number of nitrogens with zero attached hydrogens (tertiary/aromatic N) is 2. The van der Waals surface area contributed by atoms with Crippen LogP contribution in [-0.2, 0) is 9.59 Å². The van der Waals surface area contributed by atoms with Crippen LogP contribution in [0.25, 0.3) is 6.08 Å². The Morgan fingerprint density at radius 2 is 2.00 bits per heavy atom. The Balaban J connectivity index is 1.91. The summed E-state index contributed by atoms with van der Waals surface area (Å²) in [4.78, 5) is 27.5. The number of ether oxygens (including phenoxy) is 1. The van der Waals surface area contributed by atoms with E-state index in [-0.39, 0.29) is 11.8 Å². The molecule has 1 aromatic carbocycles. The standard InChI is InChI=1S/C19H24N2O3/c1-15-5-4-12-21(19(15)23)18(22)11-8-16-6-9-17(10-7-16)24-14-13-20(2)3/h5-11H,4,12-14H2,1-3H3/b11-8+. The Morgan fingerprint density at radius 1 is 1.29 bits per heavy atom. The van der Waals surface area contributed by atoms with E-state index >= 15 is 0 Å². The molecule has 0 bridgehead atoms. The predicted octanol–water partition coefficient (Wildman–Crippen LogP) is 2.35. The molecule has 0 saturated heterocycles. The number of likely N-dealkylation sites (N-methyl/N-ethyl adjacent to an activating group) is 1. The van der Waals surface area contributed by atoms with Crippen LogP contribution in [0.4, 0.5) is 0 Å². The summed E-state index contributed by atoms with van der Waals surface area (Å²) >= 11 is 0. The molecule has 0 N–H and O–H groups in total. The van der Waals surface area contributed by atoms with Crippen molar-refractivity contribution >= 4 is 17.9 Å². The Bertz CT molecular complexity index is 645. The van der Waals surface area contributed by atoms with E-state index in [1.165, 1.54) is 11.0 Å². The molecule has 0 atom stereocenters. The Hall–Kier alpha value is -2.40. The van der Waals surface area contributed by atoms with Crippen LogP contribution in [0.15, 0.2) is 42.0 Å². The third-order valence-corrected chi connectivity index (χ3v) is 3.76. The molecule has 0 radical (unpaired) electrons. The van der Waals surface area contributed by atoms with Gasteiger partial charge >= 0.3 is 0 Å². The molecule has 5 heteroatoms. The maximum absolute atomic E-state index is 12.2. The summed E-state index contributed by atoms with van der Waals surface area (Å²) < 4.78 is 5.63. The van der Waals surface area contributed by atoms with E-state index in [0.717, 1.165) is 24.3 Å². The minimum atomic E-state index is -0.279. The van der Waals surface area contributed by atoms with Crippen molar-refractivity contribution in [2.45, 2.75) is 13.3 Å². The summed E-state index contributed by atoms with van der Waals surface area (Å²) in [6, 6.07) is 7.52. The maximum atomic E-state index is 12.2. The third kappa shape index (κ3) is 5.06. The molecule has 2 rings (SSSR count). The van der Waals surface area contributed by atoms with E-state index < -0.39 is 0 Å². The van der Waals surface area contributed by atoms with Gasteiger partial charge in [-0.3, -0.25) is 14.5 Å². The van der Waals surface area contributed by atoms with Gasteiger partial charge in [0.05, 0.1) is 0 Å². The number of benzene rings is 1. The molecule has 0 fully saturated rings. The van der Waals surface area contributed by atoms with Crippen LogP contribution in [0, 0.1) is 0 Å². The molecule has 1 heterocycles. The predicted molar refractivity (Wildman–Crippen MR) is 94.6 cm³/mol. The molecule has 24 heavy (non-hydrogen) atoms. The second-order valence-corrected chi connectivity index (χ2v) is 6.02. The fourth-order valence-electron chi connectivity index (χ4n) is 2.30. The highest BCUT2D eigenvalue weighted by Crippen LogP contribution is 2.15. The highest BCUT2D eigenvalue weighted by Gasteiger charge is 2.22. The van der Waals surface area contributed by atoms with E-state index in [2.05, 4.69) is 4.90 Å². The largest absolute Gasteiger partial charge is 0.492 e. The lowest BCUT2D eigenvalue weighted by Crippen LogP contribution is -2.39. The van der Waals surface area contributed by atoms with E-state index in [9.17, 15) is 9.59 Å². The molecule has 1 aromatic rings. The van der Waals surface area contributed by atoms with Crippen LogP contribution in [0.3, 0.4) is 0 Å². The summed E-state index contributed by atoms with van der Waals surface area (Å²) in [6.45, 7) is 3.66. The van der Waals surface area contributed by atoms with Gasteiger partial charge in [-0.25, -0.2) is 0 Å². The van der Waals surface area contributed by atoms with Crippen molar-refractivity contribution in [1.29, 1.82) is 0 Å². The number of hydrogen-bond donors (Lipinski definition) is 0. The molecule has 0 spiro atoms. The molecule has 0 aromatic heterocycles. The van der Waals surface area contributed by atoms with Crippen molar-refractivity contribution in [3.8, 4) is 5.75 Å². The molecule has 1 aliphatic rings. The molecule has 5 nitrogen and oxygen atoms in total. The molecule has 2 amide bonds. The molecule has 1 aliphatic heterocycles. The van der Waals surface area contributed by atoms with Crippen molar-refractivity contribution < 1.29 is 14.3 Å². The van der Waals surface area contributed by atoms with Gasteiger partial charge in [0.25, 0.3) is 11.8 Å². The minimum Gasteiger partial charge on any atom is -0.492 e. The van der Waals surface area contributed by atoms with Crippen LogP contribution in [0.2, 0.25) is 0 Å². The van der Waals surface area contributed by atoms with Gasteiger partial charge in [-0.05, 0) is 51.2 Å². The van der Waals surface area contributed by atoms with Gasteiger partial charge in [-0.2, -0.15) is 0 Å². The van der Waals surface area contributed by atoms with Gasteiger partial charge in [0.2, 0.25) is 0 Å². The van der Waals surface area contributed by atoms with Crippen molar-refractivity contribution in [2.24, 2.45) is 0 Å². The first-order valence-corrected chi connectivity index (χ1v) is 8.05. The highest BCUT2D eigenvalue weighted by molar-refractivity contribution is 6.09. The smallest absolute Gasteiger partial charge is 0.256 e. The molecule has 0 aliphatic carbocycles. The summed E-state index contributed by atoms with van der Waals surface area (Å²) in [5.41, 5.74) is 1.52. The molecule has 128 valence electrons. The van der Waals surface area contributed by atoms with Gasteiger partial charge in [0, 0.05) is 24.7 Å². The number of rotatable bonds is 6. The second-order valence-electron chi connectivity index (χ2n) is 6.02. The summed E-state index contributed by atoms with van der Waals surface area (Å²) in [6.07, 6.45) is 5.74. The topological polar surface area (TPSA) is 49.9 Å². The number of hydrogen-bond acceptors (Lipinski definition) is 4. The molecule has 0 saturated carbocycles. The minimum absolute atomic E-state index is 0.208. The monoisotopic (exact) mass is 328 g/mol. The third-order valence-electron chi connectivity index (χ3n) is 3.76. The number of amides is 2. The van der Waals surface area contributed by atoms with Gasteiger partial charge in [0.15, 0.2) is 0 Å². The maximum Gasteiger partial charge on any atom is 0.256 e. The van der Waals surface area contributed by atoms with Crippen LogP contribution in [-0.4, -0.2) is 55.4 Å². The zero-order chi connectivity index (χ0) is 17.5. The summed E-state index contributed by atoms with van der Waals surface area (Å²) in [5.74, 6) is 0.312. The van der Waals surface area contributed by atoms with Gasteiger partial charge < -0.3 is 9.64 Å². The quantitative estimate of drug-likeness (QED) is 0.752. The van der Waals surface area contributed by atoms with Gasteiger partial charge in [-0.1, -0.05) is 18.2 Å². The summed E-state index contributed by atoms with van der Waals surface area (Å²) in [7, 11) is 4.00. The van der Waals surface area contributed by atoms with Crippen LogP contribution in [0.1, 0.15) is 18.9 Å². The van der Waals surface area contributed by atoms with Crippen molar-refractivity contribution in [3.05, 3.63) is 47.6 Å². The fourth-order valence-corrected chi connectivity index (χ4v) is 2.30. The number of carbonyl (C=O) groups excluding carboxylic acids is 2. The zero-order valence-electron chi connectivity index (χ0n) is 14.5. The van der Waals surface area contributed by atoms with E-state index in [1.807, 2.05) is 44.4 Å². The highest BCUT2D eigenvalue weighted by atomic mass is 16.5. The van der Waals surface area contributed by atoms with E-state index in [1.54, 1.807) is 13.0 Å². The number of imide groups is 1. The lowest BCUT2D eigenvalue weighted by atomic mass is 10.1. The van der Waals surface area contributed by atoms with Gasteiger partial charge in [-0.15, -0.1) is 0 Å². The van der Waals surface area contributed by atoms with Crippen molar-refractivity contribution in [2.75, 3.05) is 33.8 Å². The first-order valence-electron chi connectivity index (χ1n) is 8.05. The van der Waals surface area contributed by atoms with Crippen molar-refractivity contribution in [1.82, 2.24) is 9.80 Å². The van der Waals surface area contributed by atoms with E-state index in [0.29, 0.717) is 18.7 Å². The number of carbonyl (C=O) groups is 2. The first-order chi connectivity index (χ1) is 11.5. The SMILES string of the molecule is CC1=CCCN(C(=O)/C=C/c2ccc(OCCN(C)C)cc2)C1=O. The molecular formula is C19H24N2O3. The van der Waals surface area contributed by atoms with Crippen LogP contribution >= 0.6 is 0 Å². The second kappa shape index (κ2) is 8.45. The first kappa shape index (κ1) is 17.9. The Labute approximate surface area is 143 Å². The normalized spacial score (nSPS) is 15.1. The molecular weight excluding hydrogens is 304 g/mol. The van der Waals surface area contributed by atoms with Crippen LogP contribution in [0.5, 0.6) is 5.75 Å². The lowest BCUT2D eigenvalue weighted by Gasteiger charge is -2.22. The Kier molecular flexibility index (Phi) is 6.32. The fraction of sp³-hybridized carbons (Fsp3) is 0.368. The van der Waals surface area contributed by atoms with Crippen LogP contribution < -0.4 is 4.74 Å². The lowest BCUT2D eigenvalue weighted by molar-refractivity contribution is -0.139. The summed E-state index contributed by atoms with van der Waals surface area (Å²) in [5, 5.41) is 0. The molecule has 0 unspecified atom stereocenters. The Morgan fingerprint density at radius 3 is 2.67 bits per heavy atom. The van der Waals surface area contributed by atoms with Gasteiger partial charge in [0.1, 0.15) is 12.4 Å². The zero-order valence-corrected chi connectivity index (χ0v) is 14.5. The average molecular weight is 328 g/mol. The van der Waals surface area contributed by atoms with E-state index in [4.69, 9.17) is 4.74 Å². The average Bonchev–Trinajstić information content (AvgIpc) is 2.56. The van der Waals surface area contributed by atoms with Crippen molar-refractivity contribution in [3.63, 3.8) is 0 Å².